The average Bonchev–Trinajstić information content (AvgIpc) is 3.05. The number of ether oxygens (including phenoxy) is 1. The molecule has 6 heteroatoms. The van der Waals surface area contributed by atoms with Gasteiger partial charge in [0.15, 0.2) is 0 Å². The minimum absolute atomic E-state index is 0.0600. The van der Waals surface area contributed by atoms with E-state index in [0.717, 1.165) is 11.3 Å². The number of halogens is 1. The van der Waals surface area contributed by atoms with Crippen LogP contribution < -0.4 is 4.74 Å². The third kappa shape index (κ3) is 4.43. The quantitative estimate of drug-likeness (QED) is 0.661. The number of hydrogen-bond donors (Lipinski definition) is 0. The largest absolute Gasteiger partial charge is 0.487 e. The van der Waals surface area contributed by atoms with Crippen molar-refractivity contribution in [3.8, 4) is 5.75 Å². The van der Waals surface area contributed by atoms with Crippen LogP contribution in [0.3, 0.4) is 0 Å². The number of aryl methyl sites for hydroxylation is 1. The van der Waals surface area contributed by atoms with E-state index in [1.165, 1.54) is 0 Å². The summed E-state index contributed by atoms with van der Waals surface area (Å²) >= 11 is 6.10. The fourth-order valence-electron chi connectivity index (χ4n) is 2.60. The molecule has 134 valence electrons. The van der Waals surface area contributed by atoms with E-state index in [4.69, 9.17) is 16.3 Å². The van der Waals surface area contributed by atoms with Crippen LogP contribution >= 0.6 is 11.6 Å². The van der Waals surface area contributed by atoms with Crippen LogP contribution in [0.4, 0.5) is 0 Å². The van der Waals surface area contributed by atoms with Gasteiger partial charge in [-0.3, -0.25) is 9.48 Å². The summed E-state index contributed by atoms with van der Waals surface area (Å²) in [5.74, 6) is 0.563. The van der Waals surface area contributed by atoms with E-state index in [-0.39, 0.29) is 5.91 Å². The van der Waals surface area contributed by atoms with Crippen molar-refractivity contribution in [1.82, 2.24) is 14.7 Å². The molecule has 2 aromatic carbocycles. The molecule has 3 aromatic rings. The molecule has 0 aliphatic heterocycles. The van der Waals surface area contributed by atoms with Gasteiger partial charge in [-0.05, 0) is 35.9 Å². The Bertz CT molecular complexity index is 907. The fraction of sp³-hybridized carbons (Fsp3) is 0.200. The molecule has 0 radical (unpaired) electrons. The summed E-state index contributed by atoms with van der Waals surface area (Å²) in [6.07, 6.45) is 1.86. The third-order valence-corrected chi connectivity index (χ3v) is 4.23. The van der Waals surface area contributed by atoms with Gasteiger partial charge in [-0.15, -0.1) is 0 Å². The molecule has 0 unspecified atom stereocenters. The van der Waals surface area contributed by atoms with E-state index in [9.17, 15) is 4.79 Å². The van der Waals surface area contributed by atoms with Crippen molar-refractivity contribution in [2.45, 2.75) is 13.2 Å². The summed E-state index contributed by atoms with van der Waals surface area (Å²) < 4.78 is 7.47. The molecular weight excluding hydrogens is 350 g/mol. The van der Waals surface area contributed by atoms with Gasteiger partial charge in [0.1, 0.15) is 12.4 Å². The highest BCUT2D eigenvalue weighted by atomic mass is 35.5. The van der Waals surface area contributed by atoms with Gasteiger partial charge in [0.2, 0.25) is 0 Å². The molecule has 1 aromatic heterocycles. The highest BCUT2D eigenvalue weighted by molar-refractivity contribution is 6.32. The average molecular weight is 370 g/mol. The van der Waals surface area contributed by atoms with Gasteiger partial charge in [-0.25, -0.2) is 0 Å². The second-order valence-electron chi connectivity index (χ2n) is 6.06. The highest BCUT2D eigenvalue weighted by Crippen LogP contribution is 2.24. The zero-order valence-corrected chi connectivity index (χ0v) is 15.5. The van der Waals surface area contributed by atoms with Gasteiger partial charge in [0.25, 0.3) is 5.91 Å². The molecule has 0 saturated carbocycles. The summed E-state index contributed by atoms with van der Waals surface area (Å²) in [5.41, 5.74) is 2.37. The van der Waals surface area contributed by atoms with Gasteiger partial charge in [0, 0.05) is 25.9 Å². The van der Waals surface area contributed by atoms with Gasteiger partial charge in [0.05, 0.1) is 17.3 Å². The first-order valence-electron chi connectivity index (χ1n) is 8.23. The molecule has 1 amide bonds. The molecule has 5 nitrogen and oxygen atoms in total. The maximum Gasteiger partial charge on any atom is 0.253 e. The number of rotatable bonds is 6. The molecule has 0 spiro atoms. The lowest BCUT2D eigenvalue weighted by Gasteiger charge is -2.16. The number of nitrogens with zero attached hydrogens (tertiary/aromatic N) is 3. The molecule has 26 heavy (non-hydrogen) atoms. The van der Waals surface area contributed by atoms with Gasteiger partial charge in [-0.1, -0.05) is 35.9 Å². The van der Waals surface area contributed by atoms with Crippen molar-refractivity contribution in [3.05, 3.63) is 82.6 Å². The Labute approximate surface area is 157 Å². The second-order valence-corrected chi connectivity index (χ2v) is 6.47. The van der Waals surface area contributed by atoms with Crippen LogP contribution in [0.2, 0.25) is 5.02 Å². The number of benzene rings is 2. The SMILES string of the molecule is CN(Cc1ccn(C)n1)C(=O)c1cccc(COc2ccccc2Cl)c1. The van der Waals surface area contributed by atoms with Crippen LogP contribution in [0.1, 0.15) is 21.6 Å². The van der Waals surface area contributed by atoms with Gasteiger partial charge < -0.3 is 9.64 Å². The summed E-state index contributed by atoms with van der Waals surface area (Å²) in [6, 6.07) is 16.6. The van der Waals surface area contributed by atoms with Gasteiger partial charge in [-0.2, -0.15) is 5.10 Å². The first-order valence-corrected chi connectivity index (χ1v) is 8.61. The predicted molar refractivity (Wildman–Crippen MR) is 101 cm³/mol. The molecule has 3 rings (SSSR count). The van der Waals surface area contributed by atoms with E-state index in [2.05, 4.69) is 5.10 Å². The summed E-state index contributed by atoms with van der Waals surface area (Å²) in [4.78, 5) is 14.3. The fourth-order valence-corrected chi connectivity index (χ4v) is 2.79. The van der Waals surface area contributed by atoms with Crippen LogP contribution in [-0.4, -0.2) is 27.6 Å². The standard InChI is InChI=1S/C20H20ClN3O2/c1-23(13-17-10-11-24(2)22-17)20(25)16-7-5-6-15(12-16)14-26-19-9-4-3-8-18(19)21/h3-12H,13-14H2,1-2H3. The molecule has 1 heterocycles. The molecular formula is C20H20ClN3O2. The van der Waals surface area contributed by atoms with E-state index in [0.29, 0.717) is 29.5 Å². The summed E-state index contributed by atoms with van der Waals surface area (Å²) in [7, 11) is 3.62. The number of para-hydroxylation sites is 1. The first-order chi connectivity index (χ1) is 12.5. The molecule has 0 aliphatic rings. The van der Waals surface area contributed by atoms with Crippen molar-refractivity contribution in [3.63, 3.8) is 0 Å². The predicted octanol–water partition coefficient (Wildman–Crippen LogP) is 3.92. The second kappa shape index (κ2) is 8.06. The maximum atomic E-state index is 12.7. The van der Waals surface area contributed by atoms with E-state index in [1.807, 2.05) is 55.7 Å². The third-order valence-electron chi connectivity index (χ3n) is 3.92. The maximum absolute atomic E-state index is 12.7. The van der Waals surface area contributed by atoms with E-state index in [1.54, 1.807) is 28.8 Å². The Kier molecular flexibility index (Phi) is 5.58. The summed E-state index contributed by atoms with van der Waals surface area (Å²) in [5, 5.41) is 4.87. The Morgan fingerprint density at radius 3 is 2.73 bits per heavy atom. The molecule has 0 fully saturated rings. The normalized spacial score (nSPS) is 10.6. The lowest BCUT2D eigenvalue weighted by molar-refractivity contribution is 0.0783. The molecule has 0 bridgehead atoms. The highest BCUT2D eigenvalue weighted by Gasteiger charge is 2.14. The molecule has 0 saturated heterocycles. The molecule has 0 aliphatic carbocycles. The number of hydrogen-bond acceptors (Lipinski definition) is 3. The monoisotopic (exact) mass is 369 g/mol. The van der Waals surface area contributed by atoms with E-state index < -0.39 is 0 Å². The van der Waals surface area contributed by atoms with Crippen LogP contribution in [-0.2, 0) is 20.2 Å². The Morgan fingerprint density at radius 1 is 1.19 bits per heavy atom. The minimum Gasteiger partial charge on any atom is -0.487 e. The zero-order valence-electron chi connectivity index (χ0n) is 14.7. The number of carbonyl (C=O) groups is 1. The van der Waals surface area contributed by atoms with Gasteiger partial charge >= 0.3 is 0 Å². The Balaban J connectivity index is 1.66. The number of amides is 1. The van der Waals surface area contributed by atoms with E-state index >= 15 is 0 Å². The first kappa shape index (κ1) is 18.0. The smallest absolute Gasteiger partial charge is 0.253 e. The zero-order chi connectivity index (χ0) is 18.5. The van der Waals surface area contributed by atoms with Crippen molar-refractivity contribution in [1.29, 1.82) is 0 Å². The van der Waals surface area contributed by atoms with Crippen LogP contribution in [0, 0.1) is 0 Å². The van der Waals surface area contributed by atoms with Crippen LogP contribution in [0.5, 0.6) is 5.75 Å². The topological polar surface area (TPSA) is 47.4 Å². The van der Waals surface area contributed by atoms with Crippen molar-refractivity contribution < 1.29 is 9.53 Å². The Morgan fingerprint density at radius 2 is 2.00 bits per heavy atom. The minimum atomic E-state index is -0.0600. The van der Waals surface area contributed by atoms with Crippen molar-refractivity contribution in [2.75, 3.05) is 7.05 Å². The lowest BCUT2D eigenvalue weighted by Crippen LogP contribution is -2.26. The number of carbonyl (C=O) groups excluding carboxylic acids is 1. The van der Waals surface area contributed by atoms with Crippen LogP contribution in [0.25, 0.3) is 0 Å². The molecule has 0 N–H and O–H groups in total. The summed E-state index contributed by atoms with van der Waals surface area (Å²) in [6.45, 7) is 0.800. The molecule has 0 atom stereocenters. The number of aromatic nitrogens is 2. The van der Waals surface area contributed by atoms with Crippen molar-refractivity contribution in [2.24, 2.45) is 7.05 Å². The van der Waals surface area contributed by atoms with Crippen LogP contribution in [0.15, 0.2) is 60.8 Å². The Hall–Kier alpha value is -2.79. The van der Waals surface area contributed by atoms with Crippen molar-refractivity contribution >= 4 is 17.5 Å². The lowest BCUT2D eigenvalue weighted by atomic mass is 10.1.